The summed E-state index contributed by atoms with van der Waals surface area (Å²) < 4.78 is 1.59. The van der Waals surface area contributed by atoms with E-state index in [4.69, 9.17) is 0 Å². The monoisotopic (exact) mass is 339 g/mol. The number of thioether (sulfide) groups is 1. The Bertz CT molecular complexity index is 966. The van der Waals surface area contributed by atoms with Gasteiger partial charge < -0.3 is 5.32 Å². The van der Waals surface area contributed by atoms with Crippen molar-refractivity contribution in [3.63, 3.8) is 0 Å². The Morgan fingerprint density at radius 1 is 1.17 bits per heavy atom. The van der Waals surface area contributed by atoms with Crippen LogP contribution in [-0.2, 0) is 4.79 Å². The Hall–Kier alpha value is -2.60. The lowest BCUT2D eigenvalue weighted by Gasteiger charge is -2.14. The van der Waals surface area contributed by atoms with Crippen molar-refractivity contribution in [1.82, 2.24) is 14.9 Å². The molecule has 6 heteroatoms. The second kappa shape index (κ2) is 6.88. The molecule has 3 aromatic rings. The van der Waals surface area contributed by atoms with Crippen LogP contribution in [0.25, 0.3) is 16.6 Å². The second-order valence-electron chi connectivity index (χ2n) is 5.30. The molecule has 0 fully saturated rings. The van der Waals surface area contributed by atoms with Crippen LogP contribution in [-0.4, -0.2) is 28.3 Å². The first-order valence-corrected chi connectivity index (χ1v) is 8.51. The minimum absolute atomic E-state index is 0.112. The highest BCUT2D eigenvalue weighted by molar-refractivity contribution is 7.99. The number of rotatable bonds is 4. The number of benzene rings is 2. The zero-order valence-corrected chi connectivity index (χ0v) is 14.3. The molecule has 0 aliphatic carbocycles. The van der Waals surface area contributed by atoms with Gasteiger partial charge in [-0.1, -0.05) is 42.1 Å². The number of nitrogens with zero attached hydrogens (tertiary/aromatic N) is 2. The van der Waals surface area contributed by atoms with E-state index in [1.807, 2.05) is 49.4 Å². The molecule has 0 bridgehead atoms. The summed E-state index contributed by atoms with van der Waals surface area (Å²) in [5.41, 5.74) is 2.25. The van der Waals surface area contributed by atoms with E-state index in [1.165, 1.54) is 11.8 Å². The van der Waals surface area contributed by atoms with Crippen molar-refractivity contribution in [3.8, 4) is 5.69 Å². The number of hydrogen-bond donors (Lipinski definition) is 1. The highest BCUT2D eigenvalue weighted by Crippen LogP contribution is 2.22. The van der Waals surface area contributed by atoms with Crippen LogP contribution in [0.15, 0.2) is 58.5 Å². The maximum Gasteiger partial charge on any atom is 0.266 e. The summed E-state index contributed by atoms with van der Waals surface area (Å²) >= 11 is 1.25. The van der Waals surface area contributed by atoms with Gasteiger partial charge in [-0.2, -0.15) is 0 Å². The normalized spacial score (nSPS) is 10.8. The number of fused-ring (bicyclic) bond motifs is 1. The zero-order valence-electron chi connectivity index (χ0n) is 13.4. The van der Waals surface area contributed by atoms with Crippen molar-refractivity contribution in [2.24, 2.45) is 0 Å². The van der Waals surface area contributed by atoms with Gasteiger partial charge in [0.1, 0.15) is 0 Å². The third-order valence-corrected chi connectivity index (χ3v) is 4.65. The molecule has 1 amide bonds. The number of carbonyl (C=O) groups excluding carboxylic acids is 1. The first kappa shape index (κ1) is 16.3. The average molecular weight is 339 g/mol. The molecule has 1 heterocycles. The van der Waals surface area contributed by atoms with E-state index in [-0.39, 0.29) is 17.2 Å². The second-order valence-corrected chi connectivity index (χ2v) is 6.24. The summed E-state index contributed by atoms with van der Waals surface area (Å²) in [5.74, 6) is 0.0893. The van der Waals surface area contributed by atoms with E-state index in [0.29, 0.717) is 16.1 Å². The lowest BCUT2D eigenvalue weighted by molar-refractivity contribution is -0.118. The fraction of sp³-hybridized carbons (Fsp3) is 0.167. The number of carbonyl (C=O) groups is 1. The van der Waals surface area contributed by atoms with Crippen LogP contribution in [0.2, 0.25) is 0 Å². The van der Waals surface area contributed by atoms with E-state index in [2.05, 4.69) is 10.3 Å². The molecule has 0 spiro atoms. The van der Waals surface area contributed by atoms with Gasteiger partial charge in [0.25, 0.3) is 5.56 Å². The molecule has 2 aromatic carbocycles. The third kappa shape index (κ3) is 3.05. The van der Waals surface area contributed by atoms with Gasteiger partial charge in [-0.15, -0.1) is 0 Å². The van der Waals surface area contributed by atoms with E-state index in [9.17, 15) is 9.59 Å². The summed E-state index contributed by atoms with van der Waals surface area (Å²) in [6.45, 7) is 1.95. The molecule has 0 aliphatic rings. The van der Waals surface area contributed by atoms with Gasteiger partial charge in [0, 0.05) is 7.05 Å². The lowest BCUT2D eigenvalue weighted by Crippen LogP contribution is -2.24. The maximum absolute atomic E-state index is 13.0. The third-order valence-electron chi connectivity index (χ3n) is 3.71. The first-order valence-electron chi connectivity index (χ1n) is 7.53. The van der Waals surface area contributed by atoms with Gasteiger partial charge in [-0.05, 0) is 30.7 Å². The minimum atomic E-state index is -0.130. The van der Waals surface area contributed by atoms with Crippen LogP contribution in [0.5, 0.6) is 0 Å². The van der Waals surface area contributed by atoms with Crippen molar-refractivity contribution in [2.45, 2.75) is 12.1 Å². The predicted molar refractivity (Wildman–Crippen MR) is 96.9 cm³/mol. The summed E-state index contributed by atoms with van der Waals surface area (Å²) in [5, 5.41) is 3.65. The molecule has 0 radical (unpaired) electrons. The van der Waals surface area contributed by atoms with Gasteiger partial charge in [-0.25, -0.2) is 4.98 Å². The van der Waals surface area contributed by atoms with Crippen molar-refractivity contribution < 1.29 is 4.79 Å². The molecule has 5 nitrogen and oxygen atoms in total. The fourth-order valence-electron chi connectivity index (χ4n) is 2.44. The number of aromatic nitrogens is 2. The standard InChI is InChI=1S/C18H17N3O2S/c1-12-7-3-6-10-15(12)21-17(23)13-8-4-5-9-14(13)20-18(21)24-11-16(22)19-2/h3-10H,11H2,1-2H3,(H,19,22). The van der Waals surface area contributed by atoms with Crippen molar-refractivity contribution in [1.29, 1.82) is 0 Å². The van der Waals surface area contributed by atoms with E-state index in [0.717, 1.165) is 11.3 Å². The first-order chi connectivity index (χ1) is 11.6. The largest absolute Gasteiger partial charge is 0.358 e. The molecule has 0 unspecified atom stereocenters. The summed E-state index contributed by atoms with van der Waals surface area (Å²) in [6, 6.07) is 14.9. The smallest absolute Gasteiger partial charge is 0.266 e. The van der Waals surface area contributed by atoms with Crippen molar-refractivity contribution in [3.05, 3.63) is 64.4 Å². The molecule has 0 saturated carbocycles. The van der Waals surface area contributed by atoms with E-state index in [1.54, 1.807) is 17.7 Å². The predicted octanol–water partition coefficient (Wildman–Crippen LogP) is 2.53. The quantitative estimate of drug-likeness (QED) is 0.586. The molecule has 1 N–H and O–H groups in total. The number of para-hydroxylation sites is 2. The van der Waals surface area contributed by atoms with E-state index < -0.39 is 0 Å². The molecule has 0 saturated heterocycles. The lowest BCUT2D eigenvalue weighted by atomic mass is 10.2. The molecule has 0 aliphatic heterocycles. The van der Waals surface area contributed by atoms with Crippen LogP contribution < -0.4 is 10.9 Å². The number of nitrogens with one attached hydrogen (secondary N) is 1. The van der Waals surface area contributed by atoms with Gasteiger partial charge in [0.15, 0.2) is 5.16 Å². The highest BCUT2D eigenvalue weighted by Gasteiger charge is 2.15. The van der Waals surface area contributed by atoms with E-state index >= 15 is 0 Å². The molecule has 0 atom stereocenters. The number of hydrogen-bond acceptors (Lipinski definition) is 4. The average Bonchev–Trinajstić information content (AvgIpc) is 2.61. The number of aryl methyl sites for hydroxylation is 1. The summed E-state index contributed by atoms with van der Waals surface area (Å²) in [7, 11) is 1.59. The molecular weight excluding hydrogens is 322 g/mol. The topological polar surface area (TPSA) is 64.0 Å². The van der Waals surface area contributed by atoms with Crippen LogP contribution in [0.1, 0.15) is 5.56 Å². The van der Waals surface area contributed by atoms with Gasteiger partial charge in [-0.3, -0.25) is 14.2 Å². The molecular formula is C18H17N3O2S. The Morgan fingerprint density at radius 2 is 1.88 bits per heavy atom. The Kier molecular flexibility index (Phi) is 4.66. The van der Waals surface area contributed by atoms with Crippen LogP contribution in [0.3, 0.4) is 0 Å². The Labute approximate surface area is 143 Å². The maximum atomic E-state index is 13.0. The number of amides is 1. The van der Waals surface area contributed by atoms with Crippen molar-refractivity contribution in [2.75, 3.05) is 12.8 Å². The van der Waals surface area contributed by atoms with Crippen LogP contribution >= 0.6 is 11.8 Å². The molecule has 1 aromatic heterocycles. The summed E-state index contributed by atoms with van der Waals surface area (Å²) in [4.78, 5) is 29.2. The zero-order chi connectivity index (χ0) is 17.1. The molecule has 24 heavy (non-hydrogen) atoms. The Morgan fingerprint density at radius 3 is 2.62 bits per heavy atom. The molecule has 3 rings (SSSR count). The highest BCUT2D eigenvalue weighted by atomic mass is 32.2. The Balaban J connectivity index is 2.24. The SMILES string of the molecule is CNC(=O)CSc1nc2ccccc2c(=O)n1-c1ccccc1C. The van der Waals surface area contributed by atoms with Gasteiger partial charge in [0.2, 0.25) is 5.91 Å². The van der Waals surface area contributed by atoms with Crippen molar-refractivity contribution >= 4 is 28.6 Å². The van der Waals surface area contributed by atoms with Crippen LogP contribution in [0.4, 0.5) is 0 Å². The molecule has 122 valence electrons. The minimum Gasteiger partial charge on any atom is -0.358 e. The summed E-state index contributed by atoms with van der Waals surface area (Å²) in [6.07, 6.45) is 0. The fourth-order valence-corrected chi connectivity index (χ4v) is 3.32. The van der Waals surface area contributed by atoms with Gasteiger partial charge in [0.05, 0.1) is 22.3 Å². The van der Waals surface area contributed by atoms with Crippen LogP contribution in [0, 0.1) is 6.92 Å². The van der Waals surface area contributed by atoms with Gasteiger partial charge >= 0.3 is 0 Å².